The molecule has 1 aliphatic carbocycles. The van der Waals surface area contributed by atoms with Crippen LogP contribution in [-0.4, -0.2) is 42.6 Å². The fourth-order valence-electron chi connectivity index (χ4n) is 2.48. The second kappa shape index (κ2) is 7.38. The van der Waals surface area contributed by atoms with Crippen molar-refractivity contribution in [1.82, 2.24) is 10.2 Å². The van der Waals surface area contributed by atoms with Crippen LogP contribution in [0.3, 0.4) is 0 Å². The zero-order valence-electron chi connectivity index (χ0n) is 12.7. The lowest BCUT2D eigenvalue weighted by Crippen LogP contribution is -2.33. The average molecular weight is 293 g/mol. The summed E-state index contributed by atoms with van der Waals surface area (Å²) in [5.74, 6) is 0.301. The van der Waals surface area contributed by atoms with E-state index in [0.29, 0.717) is 12.3 Å². The molecule has 116 valence electrons. The van der Waals surface area contributed by atoms with Crippen molar-refractivity contribution in [3.63, 3.8) is 0 Å². The average Bonchev–Trinajstić information content (AvgIpc) is 3.31. The van der Waals surface area contributed by atoms with Gasteiger partial charge in [-0.15, -0.1) is 0 Å². The third kappa shape index (κ3) is 4.41. The number of likely N-dealkylation sites (N-methyl/N-ethyl adjacent to an activating group) is 1. The number of nitrogens with one attached hydrogen (secondary N) is 1. The fraction of sp³-hybridized carbons (Fsp3) is 0.600. The maximum absolute atomic E-state index is 11.0. The normalized spacial score (nSPS) is 14.4. The van der Waals surface area contributed by atoms with Crippen LogP contribution in [0.25, 0.3) is 0 Å². The van der Waals surface area contributed by atoms with E-state index in [1.807, 2.05) is 6.07 Å². The van der Waals surface area contributed by atoms with Crippen molar-refractivity contribution in [2.24, 2.45) is 0 Å². The Morgan fingerprint density at radius 3 is 2.81 bits per heavy atom. The molecule has 0 bridgehead atoms. The summed E-state index contributed by atoms with van der Waals surface area (Å²) in [6.07, 6.45) is 2.64. The molecule has 1 aromatic carbocycles. The van der Waals surface area contributed by atoms with Gasteiger partial charge in [-0.2, -0.15) is 0 Å². The minimum atomic E-state index is -0.408. The van der Waals surface area contributed by atoms with Crippen LogP contribution in [0, 0.1) is 10.1 Å². The Hall–Kier alpha value is -1.66. The molecule has 0 saturated heterocycles. The molecule has 0 spiro atoms. The van der Waals surface area contributed by atoms with Gasteiger partial charge in [0, 0.05) is 31.7 Å². The van der Waals surface area contributed by atoms with Gasteiger partial charge in [-0.3, -0.25) is 15.0 Å². The molecule has 0 atom stereocenters. The highest BCUT2D eigenvalue weighted by Gasteiger charge is 2.27. The van der Waals surface area contributed by atoms with Crippen LogP contribution >= 0.6 is 0 Å². The summed E-state index contributed by atoms with van der Waals surface area (Å²) < 4.78 is 5.00. The SMILES string of the molecule is CCN(CCNCc1ccc(OC)c([N+](=O)[O-])c1)C1CC1. The van der Waals surface area contributed by atoms with Gasteiger partial charge in [-0.05, 0) is 31.0 Å². The predicted octanol–water partition coefficient (Wildman–Crippen LogP) is 2.18. The first-order valence-electron chi connectivity index (χ1n) is 7.41. The topological polar surface area (TPSA) is 67.6 Å². The monoisotopic (exact) mass is 293 g/mol. The second-order valence-electron chi connectivity index (χ2n) is 5.30. The molecule has 0 aromatic heterocycles. The Kier molecular flexibility index (Phi) is 5.52. The summed E-state index contributed by atoms with van der Waals surface area (Å²) in [7, 11) is 1.44. The van der Waals surface area contributed by atoms with Crippen molar-refractivity contribution in [2.75, 3.05) is 26.7 Å². The van der Waals surface area contributed by atoms with E-state index >= 15 is 0 Å². The summed E-state index contributed by atoms with van der Waals surface area (Å²) >= 11 is 0. The van der Waals surface area contributed by atoms with E-state index in [-0.39, 0.29) is 5.69 Å². The second-order valence-corrected chi connectivity index (χ2v) is 5.30. The van der Waals surface area contributed by atoms with Gasteiger partial charge < -0.3 is 10.1 Å². The standard InChI is InChI=1S/C15H23N3O3/c1-3-17(13-5-6-13)9-8-16-11-12-4-7-15(21-2)14(10-12)18(19)20/h4,7,10,13,16H,3,5-6,8-9,11H2,1-2H3. The van der Waals surface area contributed by atoms with E-state index in [2.05, 4.69) is 17.1 Å². The van der Waals surface area contributed by atoms with Crippen molar-refractivity contribution in [1.29, 1.82) is 0 Å². The highest BCUT2D eigenvalue weighted by molar-refractivity contribution is 5.48. The Morgan fingerprint density at radius 1 is 1.48 bits per heavy atom. The predicted molar refractivity (Wildman–Crippen MR) is 81.6 cm³/mol. The van der Waals surface area contributed by atoms with Crippen molar-refractivity contribution in [2.45, 2.75) is 32.4 Å². The quantitative estimate of drug-likeness (QED) is 0.429. The summed E-state index contributed by atoms with van der Waals surface area (Å²) in [6.45, 7) is 5.82. The summed E-state index contributed by atoms with van der Waals surface area (Å²) in [5.41, 5.74) is 0.918. The molecule has 1 aliphatic rings. The van der Waals surface area contributed by atoms with Crippen LogP contribution in [0.4, 0.5) is 5.69 Å². The maximum atomic E-state index is 11.0. The largest absolute Gasteiger partial charge is 0.490 e. The van der Waals surface area contributed by atoms with E-state index < -0.39 is 4.92 Å². The summed E-state index contributed by atoms with van der Waals surface area (Å²) in [6, 6.07) is 5.86. The zero-order valence-corrected chi connectivity index (χ0v) is 12.7. The Balaban J connectivity index is 1.82. The number of ether oxygens (including phenoxy) is 1. The van der Waals surface area contributed by atoms with E-state index in [4.69, 9.17) is 4.74 Å². The fourth-order valence-corrected chi connectivity index (χ4v) is 2.48. The Bertz CT molecular complexity index is 489. The molecule has 21 heavy (non-hydrogen) atoms. The number of hydrogen-bond donors (Lipinski definition) is 1. The van der Waals surface area contributed by atoms with Crippen molar-refractivity contribution in [3.05, 3.63) is 33.9 Å². The minimum Gasteiger partial charge on any atom is -0.490 e. The van der Waals surface area contributed by atoms with E-state index in [1.165, 1.54) is 20.0 Å². The molecule has 0 radical (unpaired) electrons. The van der Waals surface area contributed by atoms with Crippen molar-refractivity contribution < 1.29 is 9.66 Å². The van der Waals surface area contributed by atoms with Crippen LogP contribution in [0.1, 0.15) is 25.3 Å². The molecule has 1 N–H and O–H groups in total. The van der Waals surface area contributed by atoms with E-state index in [9.17, 15) is 10.1 Å². The molecule has 0 aliphatic heterocycles. The molecular formula is C15H23N3O3. The van der Waals surface area contributed by atoms with Crippen LogP contribution in [0.5, 0.6) is 5.75 Å². The van der Waals surface area contributed by atoms with Gasteiger partial charge in [-0.25, -0.2) is 0 Å². The lowest BCUT2D eigenvalue weighted by atomic mass is 10.2. The molecule has 6 heteroatoms. The molecule has 0 unspecified atom stereocenters. The smallest absolute Gasteiger partial charge is 0.311 e. The molecule has 6 nitrogen and oxygen atoms in total. The van der Waals surface area contributed by atoms with Crippen LogP contribution in [0.15, 0.2) is 18.2 Å². The number of nitro groups is 1. The lowest BCUT2D eigenvalue weighted by molar-refractivity contribution is -0.385. The highest BCUT2D eigenvalue weighted by Crippen LogP contribution is 2.27. The van der Waals surface area contributed by atoms with Crippen molar-refractivity contribution >= 4 is 5.69 Å². The van der Waals surface area contributed by atoms with Gasteiger partial charge in [0.15, 0.2) is 5.75 Å². The van der Waals surface area contributed by atoms with Gasteiger partial charge in [0.2, 0.25) is 0 Å². The van der Waals surface area contributed by atoms with Crippen molar-refractivity contribution in [3.8, 4) is 5.75 Å². The third-order valence-corrected chi connectivity index (χ3v) is 3.81. The summed E-state index contributed by atoms with van der Waals surface area (Å²) in [4.78, 5) is 13.0. The first-order valence-corrected chi connectivity index (χ1v) is 7.41. The zero-order chi connectivity index (χ0) is 15.2. The van der Waals surface area contributed by atoms with E-state index in [1.54, 1.807) is 12.1 Å². The van der Waals surface area contributed by atoms with Gasteiger partial charge in [0.1, 0.15) is 0 Å². The van der Waals surface area contributed by atoms with Crippen LogP contribution in [0.2, 0.25) is 0 Å². The Labute approximate surface area is 125 Å². The molecule has 2 rings (SSSR count). The number of rotatable bonds is 9. The molecule has 1 saturated carbocycles. The number of benzene rings is 1. The number of nitro benzene ring substituents is 1. The van der Waals surface area contributed by atoms with Gasteiger partial charge in [0.05, 0.1) is 12.0 Å². The number of methoxy groups -OCH3 is 1. The molecular weight excluding hydrogens is 270 g/mol. The first kappa shape index (κ1) is 15.7. The summed E-state index contributed by atoms with van der Waals surface area (Å²) in [5, 5.41) is 14.3. The molecule has 0 amide bonds. The van der Waals surface area contributed by atoms with Crippen LogP contribution < -0.4 is 10.1 Å². The maximum Gasteiger partial charge on any atom is 0.311 e. The van der Waals surface area contributed by atoms with E-state index in [0.717, 1.165) is 31.2 Å². The molecule has 0 heterocycles. The number of hydrogen-bond acceptors (Lipinski definition) is 5. The third-order valence-electron chi connectivity index (χ3n) is 3.81. The van der Waals surface area contributed by atoms with Gasteiger partial charge in [-0.1, -0.05) is 13.0 Å². The lowest BCUT2D eigenvalue weighted by Gasteiger charge is -2.19. The van der Waals surface area contributed by atoms with Gasteiger partial charge >= 0.3 is 5.69 Å². The minimum absolute atomic E-state index is 0.0185. The molecule has 1 fully saturated rings. The molecule has 1 aromatic rings. The highest BCUT2D eigenvalue weighted by atomic mass is 16.6. The Morgan fingerprint density at radius 2 is 2.24 bits per heavy atom. The first-order chi connectivity index (χ1) is 10.2. The van der Waals surface area contributed by atoms with Gasteiger partial charge in [0.25, 0.3) is 0 Å². The van der Waals surface area contributed by atoms with Crippen LogP contribution in [-0.2, 0) is 6.54 Å². The number of nitrogens with zero attached hydrogens (tertiary/aromatic N) is 2.